The summed E-state index contributed by atoms with van der Waals surface area (Å²) in [7, 11) is 0. The molecule has 1 aliphatic heterocycles. The van der Waals surface area contributed by atoms with Crippen LogP contribution in [0.2, 0.25) is 0 Å². The highest BCUT2D eigenvalue weighted by molar-refractivity contribution is 6.06. The first-order valence-electron chi connectivity index (χ1n) is 6.87. The maximum atomic E-state index is 12.6. The summed E-state index contributed by atoms with van der Waals surface area (Å²) in [5, 5.41) is 17.0. The fourth-order valence-electron chi connectivity index (χ4n) is 2.62. The molecule has 0 spiro atoms. The first-order valence-corrected chi connectivity index (χ1v) is 6.87. The maximum Gasteiger partial charge on any atom is 0.278 e. The largest absolute Gasteiger partial charge is 0.506 e. The van der Waals surface area contributed by atoms with E-state index in [2.05, 4.69) is 10.2 Å². The van der Waals surface area contributed by atoms with Gasteiger partial charge >= 0.3 is 0 Å². The monoisotopic (exact) mass is 271 g/mol. The number of phenols is 1. The van der Waals surface area contributed by atoms with Crippen LogP contribution in [-0.4, -0.2) is 27.8 Å². The van der Waals surface area contributed by atoms with E-state index >= 15 is 0 Å². The molecule has 1 amide bonds. The Balaban J connectivity index is 1.98. The van der Waals surface area contributed by atoms with Gasteiger partial charge in [0.15, 0.2) is 5.69 Å². The van der Waals surface area contributed by atoms with E-state index in [9.17, 15) is 9.90 Å². The average molecular weight is 271 g/mol. The van der Waals surface area contributed by atoms with Crippen molar-refractivity contribution in [3.63, 3.8) is 0 Å². The molecular weight excluding hydrogens is 254 g/mol. The summed E-state index contributed by atoms with van der Waals surface area (Å²) in [6.07, 6.45) is 2.59. The summed E-state index contributed by atoms with van der Waals surface area (Å²) in [5.74, 6) is -0.00907. The van der Waals surface area contributed by atoms with Gasteiger partial charge in [-0.2, -0.15) is 5.10 Å². The number of hydrogen-bond donors (Lipinski definition) is 2. The number of rotatable bonds is 2. The van der Waals surface area contributed by atoms with Gasteiger partial charge in [0.2, 0.25) is 0 Å². The van der Waals surface area contributed by atoms with Gasteiger partial charge in [0, 0.05) is 12.2 Å². The normalized spacial score (nSPS) is 14.2. The van der Waals surface area contributed by atoms with Crippen molar-refractivity contribution in [3.05, 3.63) is 41.2 Å². The van der Waals surface area contributed by atoms with E-state index in [0.29, 0.717) is 17.9 Å². The molecule has 104 valence electrons. The predicted molar refractivity (Wildman–Crippen MR) is 76.1 cm³/mol. The number of aromatic hydroxyl groups is 1. The number of amides is 1. The number of hydrogen-bond acceptors (Lipinski definition) is 3. The van der Waals surface area contributed by atoms with Crippen LogP contribution in [0.25, 0.3) is 0 Å². The minimum Gasteiger partial charge on any atom is -0.506 e. The SMILES string of the molecule is CCc1cc(C(=O)N2CCCc3cccc(O)c32)n[nH]1. The van der Waals surface area contributed by atoms with Crippen molar-refractivity contribution in [2.75, 3.05) is 11.4 Å². The average Bonchev–Trinajstić information content (AvgIpc) is 2.95. The van der Waals surface area contributed by atoms with Crippen LogP contribution < -0.4 is 4.90 Å². The lowest BCUT2D eigenvalue weighted by Gasteiger charge is -2.29. The lowest BCUT2D eigenvalue weighted by Crippen LogP contribution is -2.35. The van der Waals surface area contributed by atoms with Gasteiger partial charge in [-0.15, -0.1) is 0 Å². The number of H-pyrrole nitrogens is 1. The Kier molecular flexibility index (Phi) is 3.18. The standard InChI is InChI=1S/C15H17N3O2/c1-2-11-9-12(17-16-11)15(20)18-8-4-6-10-5-3-7-13(19)14(10)18/h3,5,7,9,19H,2,4,6,8H2,1H3,(H,16,17). The smallest absolute Gasteiger partial charge is 0.278 e. The zero-order chi connectivity index (χ0) is 14.1. The summed E-state index contributed by atoms with van der Waals surface area (Å²) in [4.78, 5) is 14.2. The Morgan fingerprint density at radius 3 is 3.10 bits per heavy atom. The molecule has 1 aromatic carbocycles. The molecule has 0 aliphatic carbocycles. The van der Waals surface area contributed by atoms with Gasteiger partial charge in [-0.3, -0.25) is 9.89 Å². The number of fused-ring (bicyclic) bond motifs is 1. The summed E-state index contributed by atoms with van der Waals surface area (Å²) in [6, 6.07) is 7.16. The minimum absolute atomic E-state index is 0.154. The number of carbonyl (C=O) groups is 1. The van der Waals surface area contributed by atoms with E-state index in [4.69, 9.17) is 0 Å². The van der Waals surface area contributed by atoms with Gasteiger partial charge < -0.3 is 10.0 Å². The molecule has 0 unspecified atom stereocenters. The highest BCUT2D eigenvalue weighted by atomic mass is 16.3. The van der Waals surface area contributed by atoms with Gasteiger partial charge in [0.05, 0.1) is 5.69 Å². The van der Waals surface area contributed by atoms with Gasteiger partial charge in [-0.25, -0.2) is 0 Å². The molecule has 0 atom stereocenters. The number of para-hydroxylation sites is 1. The third-order valence-electron chi connectivity index (χ3n) is 3.67. The van der Waals surface area contributed by atoms with Gasteiger partial charge in [0.1, 0.15) is 5.75 Å². The summed E-state index contributed by atoms with van der Waals surface area (Å²) in [6.45, 7) is 2.61. The van der Waals surface area contributed by atoms with Crippen molar-refractivity contribution in [2.45, 2.75) is 26.2 Å². The Morgan fingerprint density at radius 2 is 2.35 bits per heavy atom. The lowest BCUT2D eigenvalue weighted by atomic mass is 10.0. The molecule has 0 fully saturated rings. The number of aryl methyl sites for hydroxylation is 2. The van der Waals surface area contributed by atoms with Gasteiger partial charge in [-0.1, -0.05) is 19.1 Å². The van der Waals surface area contributed by atoms with Crippen LogP contribution in [0.1, 0.15) is 35.1 Å². The summed E-state index contributed by atoms with van der Waals surface area (Å²) < 4.78 is 0. The predicted octanol–water partition coefficient (Wildman–Crippen LogP) is 2.27. The number of anilines is 1. The number of nitrogens with one attached hydrogen (secondary N) is 1. The zero-order valence-corrected chi connectivity index (χ0v) is 11.4. The quantitative estimate of drug-likeness (QED) is 0.880. The molecule has 2 heterocycles. The molecule has 0 saturated carbocycles. The number of nitrogens with zero attached hydrogens (tertiary/aromatic N) is 2. The van der Waals surface area contributed by atoms with Crippen molar-refractivity contribution in [3.8, 4) is 5.75 Å². The highest BCUT2D eigenvalue weighted by Crippen LogP contribution is 2.36. The van der Waals surface area contributed by atoms with E-state index in [1.54, 1.807) is 17.0 Å². The van der Waals surface area contributed by atoms with E-state index < -0.39 is 0 Å². The van der Waals surface area contributed by atoms with Crippen LogP contribution in [0.5, 0.6) is 5.75 Å². The second-order valence-electron chi connectivity index (χ2n) is 4.98. The fraction of sp³-hybridized carbons (Fsp3) is 0.333. The van der Waals surface area contributed by atoms with Crippen LogP contribution >= 0.6 is 0 Å². The topological polar surface area (TPSA) is 69.2 Å². The summed E-state index contributed by atoms with van der Waals surface area (Å²) in [5.41, 5.74) is 2.97. The summed E-state index contributed by atoms with van der Waals surface area (Å²) >= 11 is 0. The van der Waals surface area contributed by atoms with Crippen LogP contribution in [0.3, 0.4) is 0 Å². The Hall–Kier alpha value is -2.30. The van der Waals surface area contributed by atoms with Crippen molar-refractivity contribution >= 4 is 11.6 Å². The fourth-order valence-corrected chi connectivity index (χ4v) is 2.62. The molecule has 0 bridgehead atoms. The second kappa shape index (κ2) is 5.00. The molecule has 1 aromatic heterocycles. The van der Waals surface area contributed by atoms with E-state index in [1.165, 1.54) is 0 Å². The number of aromatic nitrogens is 2. The van der Waals surface area contributed by atoms with Gasteiger partial charge in [0.25, 0.3) is 5.91 Å². The first kappa shape index (κ1) is 12.7. The Morgan fingerprint density at radius 1 is 1.50 bits per heavy atom. The maximum absolute atomic E-state index is 12.6. The second-order valence-corrected chi connectivity index (χ2v) is 4.98. The Labute approximate surface area is 117 Å². The molecule has 2 aromatic rings. The number of aromatic amines is 1. The lowest BCUT2D eigenvalue weighted by molar-refractivity contribution is 0.0979. The third-order valence-corrected chi connectivity index (χ3v) is 3.67. The first-order chi connectivity index (χ1) is 9.70. The van der Waals surface area contributed by atoms with Crippen molar-refractivity contribution in [2.24, 2.45) is 0 Å². The van der Waals surface area contributed by atoms with Crippen LogP contribution in [0.4, 0.5) is 5.69 Å². The highest BCUT2D eigenvalue weighted by Gasteiger charge is 2.27. The van der Waals surface area contributed by atoms with Crippen molar-refractivity contribution in [1.29, 1.82) is 0 Å². The molecule has 5 heteroatoms. The molecule has 5 nitrogen and oxygen atoms in total. The van der Waals surface area contributed by atoms with Crippen molar-refractivity contribution < 1.29 is 9.90 Å². The molecule has 0 saturated heterocycles. The van der Waals surface area contributed by atoms with Crippen molar-refractivity contribution in [1.82, 2.24) is 10.2 Å². The minimum atomic E-state index is -0.164. The van der Waals surface area contributed by atoms with Crippen LogP contribution in [0.15, 0.2) is 24.3 Å². The van der Waals surface area contributed by atoms with E-state index in [0.717, 1.165) is 30.5 Å². The molecule has 20 heavy (non-hydrogen) atoms. The van der Waals surface area contributed by atoms with Crippen LogP contribution in [0, 0.1) is 0 Å². The Bertz CT molecular complexity index is 648. The molecular formula is C15H17N3O2. The van der Waals surface area contributed by atoms with E-state index in [1.807, 2.05) is 19.1 Å². The molecule has 1 aliphatic rings. The molecule has 0 radical (unpaired) electrons. The third kappa shape index (κ3) is 2.05. The number of phenolic OH excluding ortho intramolecular Hbond substituents is 1. The number of carbonyl (C=O) groups excluding carboxylic acids is 1. The molecule has 2 N–H and O–H groups in total. The number of benzene rings is 1. The van der Waals surface area contributed by atoms with Gasteiger partial charge in [-0.05, 0) is 37.0 Å². The zero-order valence-electron chi connectivity index (χ0n) is 11.4. The van der Waals surface area contributed by atoms with E-state index in [-0.39, 0.29) is 11.7 Å². The molecule has 3 rings (SSSR count). The van der Waals surface area contributed by atoms with Crippen LogP contribution in [-0.2, 0) is 12.8 Å².